The number of guanidine groups is 1. The van der Waals surface area contributed by atoms with Crippen molar-refractivity contribution >= 4 is 23.6 Å². The van der Waals surface area contributed by atoms with Crippen LogP contribution in [0.25, 0.3) is 0 Å². The Morgan fingerprint density at radius 1 is 1.28 bits per heavy atom. The van der Waals surface area contributed by atoms with E-state index in [0.29, 0.717) is 13.1 Å². The van der Waals surface area contributed by atoms with Gasteiger partial charge in [0, 0.05) is 31.2 Å². The molecule has 1 heterocycles. The van der Waals surface area contributed by atoms with Crippen LogP contribution in [0.1, 0.15) is 59.9 Å². The summed E-state index contributed by atoms with van der Waals surface area (Å²) in [6.07, 6.45) is 1.25. The molecular weight excluding hydrogens is 406 g/mol. The van der Waals surface area contributed by atoms with Gasteiger partial charge >= 0.3 is 6.09 Å². The van der Waals surface area contributed by atoms with E-state index in [4.69, 9.17) is 9.73 Å². The van der Waals surface area contributed by atoms with Crippen LogP contribution >= 0.6 is 0 Å². The van der Waals surface area contributed by atoms with Crippen molar-refractivity contribution < 1.29 is 14.3 Å². The summed E-state index contributed by atoms with van der Waals surface area (Å²) in [7, 11) is 0. The number of anilines is 1. The molecule has 0 radical (unpaired) electrons. The molecule has 8 nitrogen and oxygen atoms in total. The van der Waals surface area contributed by atoms with Crippen molar-refractivity contribution in [3.05, 3.63) is 29.8 Å². The number of likely N-dealkylation sites (tertiary alicyclic amines) is 1. The summed E-state index contributed by atoms with van der Waals surface area (Å²) in [6, 6.07) is 7.81. The van der Waals surface area contributed by atoms with E-state index in [1.165, 1.54) is 0 Å². The van der Waals surface area contributed by atoms with E-state index in [9.17, 15) is 9.59 Å². The third kappa shape index (κ3) is 8.40. The number of ether oxygens (including phenoxy) is 1. The zero-order valence-electron chi connectivity index (χ0n) is 20.3. The lowest BCUT2D eigenvalue weighted by Crippen LogP contribution is -2.44. The maximum Gasteiger partial charge on any atom is 0.407 e. The first kappa shape index (κ1) is 25.5. The molecule has 32 heavy (non-hydrogen) atoms. The first-order valence-corrected chi connectivity index (χ1v) is 11.5. The Balaban J connectivity index is 1.98. The fourth-order valence-corrected chi connectivity index (χ4v) is 3.33. The van der Waals surface area contributed by atoms with E-state index in [0.717, 1.165) is 43.1 Å². The van der Waals surface area contributed by atoms with Gasteiger partial charge < -0.3 is 25.6 Å². The van der Waals surface area contributed by atoms with Gasteiger partial charge in [0.05, 0.1) is 12.6 Å². The quantitative estimate of drug-likeness (QED) is 0.439. The molecule has 0 aliphatic carbocycles. The average Bonchev–Trinajstić information content (AvgIpc) is 3.17. The number of carbonyl (C=O) groups is 2. The van der Waals surface area contributed by atoms with Crippen LogP contribution in [0, 0.1) is 5.92 Å². The minimum Gasteiger partial charge on any atom is -0.444 e. The first-order valence-electron chi connectivity index (χ1n) is 11.5. The Hall–Kier alpha value is -2.77. The highest BCUT2D eigenvalue weighted by molar-refractivity contribution is 5.92. The maximum absolute atomic E-state index is 12.2. The van der Waals surface area contributed by atoms with E-state index >= 15 is 0 Å². The Kier molecular flexibility index (Phi) is 9.35. The average molecular weight is 446 g/mol. The van der Waals surface area contributed by atoms with Gasteiger partial charge in [-0.1, -0.05) is 26.0 Å². The molecular formula is C24H39N5O3. The number of nitrogens with one attached hydrogen (secondary N) is 3. The molecule has 0 spiro atoms. The van der Waals surface area contributed by atoms with Crippen LogP contribution in [-0.4, -0.2) is 54.1 Å². The number of alkyl carbamates (subject to hydrolysis) is 1. The van der Waals surface area contributed by atoms with Crippen LogP contribution in [-0.2, 0) is 16.1 Å². The Bertz CT molecular complexity index is 803. The van der Waals surface area contributed by atoms with Gasteiger partial charge in [0.1, 0.15) is 5.60 Å². The molecule has 8 heteroatoms. The molecule has 2 unspecified atom stereocenters. The summed E-state index contributed by atoms with van der Waals surface area (Å²) in [5.41, 5.74) is 1.29. The van der Waals surface area contributed by atoms with Gasteiger partial charge in [0.25, 0.3) is 0 Å². The summed E-state index contributed by atoms with van der Waals surface area (Å²) in [4.78, 5) is 31.2. The minimum atomic E-state index is -0.513. The SMILES string of the molecule is CCNC(=NCc1cccc(NC(=O)C(C)CC)c1)N1CCC(NC(=O)OC(C)(C)C)C1. The Labute approximate surface area is 192 Å². The first-order chi connectivity index (χ1) is 15.1. The zero-order chi connectivity index (χ0) is 23.7. The Morgan fingerprint density at radius 3 is 2.69 bits per heavy atom. The second-order valence-corrected chi connectivity index (χ2v) is 9.25. The van der Waals surface area contributed by atoms with Crippen LogP contribution in [0.5, 0.6) is 0 Å². The van der Waals surface area contributed by atoms with Gasteiger partial charge in [-0.05, 0) is 58.2 Å². The van der Waals surface area contributed by atoms with Gasteiger partial charge in [0.2, 0.25) is 5.91 Å². The maximum atomic E-state index is 12.2. The molecule has 0 aromatic heterocycles. The number of aliphatic imine (C=N–C) groups is 1. The topological polar surface area (TPSA) is 95.1 Å². The predicted octanol–water partition coefficient (Wildman–Crippen LogP) is 3.74. The largest absolute Gasteiger partial charge is 0.444 e. The smallest absolute Gasteiger partial charge is 0.407 e. The van der Waals surface area contributed by atoms with Crippen molar-refractivity contribution in [2.24, 2.45) is 10.9 Å². The van der Waals surface area contributed by atoms with Crippen molar-refractivity contribution in [1.29, 1.82) is 0 Å². The van der Waals surface area contributed by atoms with Crippen LogP contribution < -0.4 is 16.0 Å². The second kappa shape index (κ2) is 11.7. The van der Waals surface area contributed by atoms with Gasteiger partial charge in [-0.2, -0.15) is 0 Å². The summed E-state index contributed by atoms with van der Waals surface area (Å²) in [5, 5.41) is 9.26. The number of amides is 2. The molecule has 1 aliphatic rings. The molecule has 2 amide bonds. The summed E-state index contributed by atoms with van der Waals surface area (Å²) < 4.78 is 5.36. The van der Waals surface area contributed by atoms with Crippen LogP contribution in [0.4, 0.5) is 10.5 Å². The number of carbonyl (C=O) groups excluding carboxylic acids is 2. The lowest BCUT2D eigenvalue weighted by Gasteiger charge is -2.23. The summed E-state index contributed by atoms with van der Waals surface area (Å²) in [6.45, 7) is 14.3. The summed E-state index contributed by atoms with van der Waals surface area (Å²) in [5.74, 6) is 0.826. The molecule has 1 saturated heterocycles. The van der Waals surface area contributed by atoms with Crippen molar-refractivity contribution in [2.45, 2.75) is 72.6 Å². The molecule has 1 aromatic rings. The van der Waals surface area contributed by atoms with Gasteiger partial charge in [0.15, 0.2) is 5.96 Å². The fraction of sp³-hybridized carbons (Fsp3) is 0.625. The number of benzene rings is 1. The van der Waals surface area contributed by atoms with Crippen molar-refractivity contribution in [3.8, 4) is 0 Å². The zero-order valence-corrected chi connectivity index (χ0v) is 20.3. The molecule has 1 fully saturated rings. The van der Waals surface area contributed by atoms with Crippen molar-refractivity contribution in [3.63, 3.8) is 0 Å². The second-order valence-electron chi connectivity index (χ2n) is 9.25. The van der Waals surface area contributed by atoms with E-state index in [1.807, 2.05) is 65.8 Å². The van der Waals surface area contributed by atoms with Crippen molar-refractivity contribution in [1.82, 2.24) is 15.5 Å². The molecule has 0 saturated carbocycles. The number of nitrogens with zero attached hydrogens (tertiary/aromatic N) is 2. The van der Waals surface area contributed by atoms with E-state index in [2.05, 4.69) is 20.9 Å². The highest BCUT2D eigenvalue weighted by Gasteiger charge is 2.27. The highest BCUT2D eigenvalue weighted by atomic mass is 16.6. The third-order valence-electron chi connectivity index (χ3n) is 5.21. The highest BCUT2D eigenvalue weighted by Crippen LogP contribution is 2.15. The normalized spacial score (nSPS) is 17.6. The predicted molar refractivity (Wildman–Crippen MR) is 129 cm³/mol. The van der Waals surface area contributed by atoms with Gasteiger partial charge in [-0.3, -0.25) is 4.79 Å². The Morgan fingerprint density at radius 2 is 2.03 bits per heavy atom. The molecule has 3 N–H and O–H groups in total. The number of hydrogen-bond acceptors (Lipinski definition) is 4. The lowest BCUT2D eigenvalue weighted by atomic mass is 10.1. The summed E-state index contributed by atoms with van der Waals surface area (Å²) >= 11 is 0. The van der Waals surface area contributed by atoms with Crippen LogP contribution in [0.15, 0.2) is 29.3 Å². The molecule has 2 atom stereocenters. The molecule has 1 aliphatic heterocycles. The molecule has 2 rings (SSSR count). The van der Waals surface area contributed by atoms with E-state index < -0.39 is 5.60 Å². The van der Waals surface area contributed by atoms with Gasteiger partial charge in [-0.15, -0.1) is 0 Å². The standard InChI is InChI=1S/C24H39N5O3/c1-7-17(3)21(30)27-19-11-9-10-18(14-19)15-26-22(25-8-2)29-13-12-20(16-29)28-23(31)32-24(4,5)6/h9-11,14,17,20H,7-8,12-13,15-16H2,1-6H3,(H,25,26)(H,27,30)(H,28,31). The van der Waals surface area contributed by atoms with Crippen LogP contribution in [0.2, 0.25) is 0 Å². The van der Waals surface area contributed by atoms with E-state index in [1.54, 1.807) is 0 Å². The fourth-order valence-electron chi connectivity index (χ4n) is 3.33. The minimum absolute atomic E-state index is 0.0190. The molecule has 178 valence electrons. The molecule has 1 aromatic carbocycles. The number of hydrogen-bond donors (Lipinski definition) is 3. The molecule has 0 bridgehead atoms. The van der Waals surface area contributed by atoms with Crippen molar-refractivity contribution in [2.75, 3.05) is 25.0 Å². The van der Waals surface area contributed by atoms with E-state index in [-0.39, 0.29) is 24.0 Å². The third-order valence-corrected chi connectivity index (χ3v) is 5.21. The number of rotatable bonds is 7. The lowest BCUT2D eigenvalue weighted by molar-refractivity contribution is -0.119. The van der Waals surface area contributed by atoms with Crippen LogP contribution in [0.3, 0.4) is 0 Å². The monoisotopic (exact) mass is 445 g/mol. The van der Waals surface area contributed by atoms with Gasteiger partial charge in [-0.25, -0.2) is 9.79 Å².